The maximum atomic E-state index is 14.9. The fraction of sp³-hybridized carbons (Fsp3) is 0.400. The normalized spacial score (nSPS) is 26.0. The van der Waals surface area contributed by atoms with Crippen molar-refractivity contribution in [2.45, 2.75) is 70.4 Å². The molecule has 3 N–H and O–H groups in total. The number of halogens is 1. The van der Waals surface area contributed by atoms with E-state index in [0.29, 0.717) is 30.7 Å². The van der Waals surface area contributed by atoms with Crippen molar-refractivity contribution >= 4 is 40.5 Å². The minimum atomic E-state index is -1.51. The average molecular weight is 744 g/mol. The number of aliphatic hydroxyl groups excluding tert-OH is 1. The molecule has 2 aromatic heterocycles. The van der Waals surface area contributed by atoms with Crippen LogP contribution in [0.15, 0.2) is 95.8 Å². The number of anilines is 1. The third-order valence-electron chi connectivity index (χ3n) is 9.19. The second-order valence-electron chi connectivity index (χ2n) is 13.5. The zero-order valence-electron chi connectivity index (χ0n) is 30.4. The molecular weight excluding hydrogens is 697 g/mol. The monoisotopic (exact) mass is 743 g/mol. The number of carbonyl (C=O) groups is 4. The van der Waals surface area contributed by atoms with Crippen molar-refractivity contribution in [1.82, 2.24) is 20.2 Å². The Balaban J connectivity index is 1.37. The highest BCUT2D eigenvalue weighted by molar-refractivity contribution is 5.95. The van der Waals surface area contributed by atoms with Crippen LogP contribution in [-0.4, -0.2) is 88.0 Å². The van der Waals surface area contributed by atoms with Crippen LogP contribution < -0.4 is 10.6 Å². The van der Waals surface area contributed by atoms with Gasteiger partial charge < -0.3 is 29.2 Å². The standard InChI is InChI=1S/C40H46FN5O8/c1-4-9-27-14-15-35(48)42-16-7-10-25(2)18-31(47)20-30(41)21-36-44-32(24-52-36)38(49)46-17-8-13-33(46)39(50)54-37(27)26(3)23-53-40(51)45-34-19-28-11-5-6-12-29(28)22-43-34/h4-7,10-12,14-15,18-19,22,24,26-27,30-31,33,37,47H,1,8-9,13,16-17,20-21,23H2,2-3H3,(H,42,48)(H,43,45,51)/b10-7+,15-14+,25-18+/t26-,27-,30-,31-,33-,37-/m1/s1. The summed E-state index contributed by atoms with van der Waals surface area (Å²) >= 11 is 0. The molecule has 0 radical (unpaired) electrons. The number of allylic oxidation sites excluding steroid dienone is 3. The van der Waals surface area contributed by atoms with Crippen LogP contribution in [0, 0.1) is 11.8 Å². The van der Waals surface area contributed by atoms with E-state index >= 15 is 0 Å². The van der Waals surface area contributed by atoms with E-state index < -0.39 is 60.1 Å². The summed E-state index contributed by atoms with van der Waals surface area (Å²) in [6.07, 6.45) is 8.64. The van der Waals surface area contributed by atoms with Crippen molar-refractivity contribution in [1.29, 1.82) is 0 Å². The number of oxazole rings is 1. The highest BCUT2D eigenvalue weighted by Gasteiger charge is 2.40. The Morgan fingerprint density at radius 3 is 2.83 bits per heavy atom. The lowest BCUT2D eigenvalue weighted by atomic mass is 9.89. The molecule has 4 heterocycles. The molecule has 1 fully saturated rings. The number of carbonyl (C=O) groups excluding carboxylic acids is 4. The number of benzene rings is 1. The number of pyridine rings is 1. The summed E-state index contributed by atoms with van der Waals surface area (Å²) in [5, 5.41) is 17.6. The van der Waals surface area contributed by atoms with Gasteiger partial charge in [0.1, 0.15) is 30.4 Å². The van der Waals surface area contributed by atoms with Crippen LogP contribution in [0.5, 0.6) is 0 Å². The van der Waals surface area contributed by atoms with E-state index in [1.54, 1.807) is 50.4 Å². The van der Waals surface area contributed by atoms with Crippen LogP contribution in [0.2, 0.25) is 0 Å². The average Bonchev–Trinajstić information content (AvgIpc) is 3.83. The molecule has 54 heavy (non-hydrogen) atoms. The van der Waals surface area contributed by atoms with Crippen LogP contribution in [-0.2, 0) is 25.5 Å². The predicted octanol–water partition coefficient (Wildman–Crippen LogP) is 5.64. The first kappa shape index (κ1) is 39.6. The number of fused-ring (bicyclic) bond motifs is 4. The minimum absolute atomic E-state index is 0.0144. The van der Waals surface area contributed by atoms with Crippen molar-refractivity contribution in [3.63, 3.8) is 0 Å². The van der Waals surface area contributed by atoms with Crippen LogP contribution in [0.4, 0.5) is 15.0 Å². The highest BCUT2D eigenvalue weighted by atomic mass is 19.1. The summed E-state index contributed by atoms with van der Waals surface area (Å²) in [6, 6.07) is 8.34. The molecule has 14 heteroatoms. The van der Waals surface area contributed by atoms with E-state index in [2.05, 4.69) is 27.2 Å². The van der Waals surface area contributed by atoms with E-state index in [0.717, 1.165) is 17.0 Å². The number of rotatable bonds is 6. The first-order valence-corrected chi connectivity index (χ1v) is 18.0. The molecule has 3 amide bonds. The fourth-order valence-corrected chi connectivity index (χ4v) is 6.49. The van der Waals surface area contributed by atoms with Gasteiger partial charge in [-0.15, -0.1) is 6.58 Å². The number of hydrogen-bond donors (Lipinski definition) is 3. The molecule has 2 aliphatic rings. The van der Waals surface area contributed by atoms with Gasteiger partial charge in [-0.05, 0) is 43.7 Å². The van der Waals surface area contributed by atoms with Gasteiger partial charge in [0.15, 0.2) is 11.6 Å². The Bertz CT molecular complexity index is 1910. The molecule has 2 aliphatic heterocycles. The summed E-state index contributed by atoms with van der Waals surface area (Å²) in [7, 11) is 0. The van der Waals surface area contributed by atoms with Gasteiger partial charge in [0, 0.05) is 42.9 Å². The number of amides is 3. The minimum Gasteiger partial charge on any atom is -0.460 e. The van der Waals surface area contributed by atoms with Crippen LogP contribution in [0.1, 0.15) is 55.9 Å². The fourth-order valence-electron chi connectivity index (χ4n) is 6.49. The van der Waals surface area contributed by atoms with Gasteiger partial charge in [-0.3, -0.25) is 14.9 Å². The Morgan fingerprint density at radius 2 is 2.04 bits per heavy atom. The Labute approximate surface area is 313 Å². The summed E-state index contributed by atoms with van der Waals surface area (Å²) in [5.74, 6) is -2.53. The van der Waals surface area contributed by atoms with Crippen molar-refractivity contribution in [3.8, 4) is 0 Å². The molecule has 5 rings (SSSR count). The third kappa shape index (κ3) is 10.9. The maximum Gasteiger partial charge on any atom is 0.412 e. The lowest BCUT2D eigenvalue weighted by Gasteiger charge is -2.31. The molecule has 13 nitrogen and oxygen atoms in total. The van der Waals surface area contributed by atoms with Crippen molar-refractivity contribution in [2.24, 2.45) is 11.8 Å². The van der Waals surface area contributed by atoms with Crippen LogP contribution in [0.3, 0.4) is 0 Å². The van der Waals surface area contributed by atoms with Crippen LogP contribution >= 0.6 is 0 Å². The van der Waals surface area contributed by atoms with Gasteiger partial charge >= 0.3 is 12.1 Å². The van der Waals surface area contributed by atoms with Gasteiger partial charge in [0.2, 0.25) is 5.91 Å². The topological polar surface area (TPSA) is 173 Å². The molecule has 3 aromatic rings. The SMILES string of the molecule is C=CC[C@@H]1/C=C/C(=O)NC/C=C/C(C)=C/[C@@H](O)C[C@@H](F)Cc2nc(co2)C(=O)N2CCC[C@@H]2C(=O)O[C@@H]1[C@H](C)COC(=O)Nc1cc2ccccc2cn1. The van der Waals surface area contributed by atoms with Gasteiger partial charge in [0.25, 0.3) is 5.91 Å². The molecule has 0 spiro atoms. The van der Waals surface area contributed by atoms with Gasteiger partial charge in [-0.25, -0.2) is 23.9 Å². The molecule has 6 atom stereocenters. The molecule has 0 unspecified atom stereocenters. The molecular formula is C40H46FN5O8. The van der Waals surface area contributed by atoms with E-state index in [1.807, 2.05) is 24.3 Å². The van der Waals surface area contributed by atoms with E-state index in [1.165, 1.54) is 17.1 Å². The molecule has 286 valence electrons. The number of nitrogens with one attached hydrogen (secondary N) is 2. The number of esters is 1. The summed E-state index contributed by atoms with van der Waals surface area (Å²) in [4.78, 5) is 63.0. The van der Waals surface area contributed by atoms with E-state index in [9.17, 15) is 28.7 Å². The van der Waals surface area contributed by atoms with Crippen molar-refractivity contribution < 1.29 is 42.6 Å². The number of aromatic nitrogens is 2. The van der Waals surface area contributed by atoms with Crippen molar-refractivity contribution in [3.05, 3.63) is 103 Å². The first-order chi connectivity index (χ1) is 26.0. The smallest absolute Gasteiger partial charge is 0.412 e. The quantitative estimate of drug-likeness (QED) is 0.212. The molecule has 1 aromatic carbocycles. The lowest BCUT2D eigenvalue weighted by molar-refractivity contribution is -0.159. The van der Waals surface area contributed by atoms with Gasteiger partial charge in [-0.2, -0.15) is 0 Å². The van der Waals surface area contributed by atoms with E-state index in [-0.39, 0.29) is 44.1 Å². The summed E-state index contributed by atoms with van der Waals surface area (Å²) in [6.45, 7) is 7.60. The Kier molecular flexibility index (Phi) is 13.9. The molecule has 0 saturated carbocycles. The zero-order valence-corrected chi connectivity index (χ0v) is 30.4. The zero-order chi connectivity index (χ0) is 38.6. The number of cyclic esters (lactones) is 1. The lowest BCUT2D eigenvalue weighted by Crippen LogP contribution is -2.45. The van der Waals surface area contributed by atoms with Gasteiger partial charge in [0.05, 0.1) is 19.1 Å². The number of hydrogen-bond acceptors (Lipinski definition) is 10. The molecule has 1 saturated heterocycles. The highest BCUT2D eigenvalue weighted by Crippen LogP contribution is 2.28. The second-order valence-corrected chi connectivity index (χ2v) is 13.5. The molecule has 2 bridgehead atoms. The predicted molar refractivity (Wildman–Crippen MR) is 199 cm³/mol. The van der Waals surface area contributed by atoms with Gasteiger partial charge in [-0.1, -0.05) is 67.1 Å². The largest absolute Gasteiger partial charge is 0.460 e. The van der Waals surface area contributed by atoms with Crippen LogP contribution in [0.25, 0.3) is 10.8 Å². The summed E-state index contributed by atoms with van der Waals surface area (Å²) in [5.41, 5.74) is 0.580. The summed E-state index contributed by atoms with van der Waals surface area (Å²) < 4.78 is 32.0. The van der Waals surface area contributed by atoms with E-state index in [4.69, 9.17) is 13.9 Å². The number of nitrogens with zero attached hydrogens (tertiary/aromatic N) is 3. The maximum absolute atomic E-state index is 14.9. The number of ether oxygens (including phenoxy) is 2. The Morgan fingerprint density at radius 1 is 1.24 bits per heavy atom. The third-order valence-corrected chi connectivity index (χ3v) is 9.19. The van der Waals surface area contributed by atoms with Crippen molar-refractivity contribution in [2.75, 3.05) is 25.0 Å². The molecule has 0 aliphatic carbocycles. The Hall–Kier alpha value is -5.63. The first-order valence-electron chi connectivity index (χ1n) is 18.0. The number of aliphatic hydroxyl groups is 1. The second kappa shape index (κ2) is 18.9. The number of alkyl halides is 1.